The minimum absolute atomic E-state index is 0.130. The molecule has 0 radical (unpaired) electrons. The molecule has 2 N–H and O–H groups in total. The highest BCUT2D eigenvalue weighted by molar-refractivity contribution is 5.90. The first kappa shape index (κ1) is 21.7. The van der Waals surface area contributed by atoms with Crippen molar-refractivity contribution in [2.24, 2.45) is 0 Å². The lowest BCUT2D eigenvalue weighted by Crippen LogP contribution is -2.10. The number of aliphatic hydroxyl groups excluding tert-OH is 1. The van der Waals surface area contributed by atoms with E-state index in [2.05, 4.69) is 5.32 Å². The summed E-state index contributed by atoms with van der Waals surface area (Å²) in [4.78, 5) is 11.8. The molecule has 0 atom stereocenters. The standard InChI is InChI=1S/C22H37NO2/c24-20-16-11-9-7-5-3-1-2-4-6-8-10-15-19-22(25)23-21-17-13-12-14-18-21/h12-14,17-18,24H,1-11,15-16,19-20H2,(H,23,25). The van der Waals surface area contributed by atoms with Crippen LogP contribution in [0.1, 0.15) is 89.9 Å². The van der Waals surface area contributed by atoms with Gasteiger partial charge < -0.3 is 10.4 Å². The zero-order chi connectivity index (χ0) is 18.0. The van der Waals surface area contributed by atoms with Crippen LogP contribution in [0.25, 0.3) is 0 Å². The Balaban J connectivity index is 1.79. The first-order valence-electron chi connectivity index (χ1n) is 10.3. The summed E-state index contributed by atoms with van der Waals surface area (Å²) in [6.45, 7) is 0.345. The van der Waals surface area contributed by atoms with Crippen LogP contribution in [0.2, 0.25) is 0 Å². The SMILES string of the molecule is O=C(CCCCCCCCCCCCCCCO)Nc1ccccc1. The molecule has 0 aromatic heterocycles. The Morgan fingerprint density at radius 2 is 1.12 bits per heavy atom. The Hall–Kier alpha value is -1.35. The summed E-state index contributed by atoms with van der Waals surface area (Å²) in [5.74, 6) is 0.130. The van der Waals surface area contributed by atoms with Crippen molar-refractivity contribution in [3.63, 3.8) is 0 Å². The van der Waals surface area contributed by atoms with Gasteiger partial charge in [-0.3, -0.25) is 4.79 Å². The van der Waals surface area contributed by atoms with E-state index in [0.717, 1.165) is 24.9 Å². The Morgan fingerprint density at radius 3 is 1.60 bits per heavy atom. The van der Waals surface area contributed by atoms with Gasteiger partial charge in [-0.1, -0.05) is 88.8 Å². The van der Waals surface area contributed by atoms with Crippen LogP contribution in [0.15, 0.2) is 30.3 Å². The monoisotopic (exact) mass is 347 g/mol. The number of benzene rings is 1. The van der Waals surface area contributed by atoms with Crippen molar-refractivity contribution in [1.29, 1.82) is 0 Å². The topological polar surface area (TPSA) is 49.3 Å². The number of para-hydroxylation sites is 1. The van der Waals surface area contributed by atoms with Gasteiger partial charge in [0.25, 0.3) is 0 Å². The van der Waals surface area contributed by atoms with Crippen LogP contribution < -0.4 is 5.32 Å². The molecule has 0 spiro atoms. The lowest BCUT2D eigenvalue weighted by Gasteiger charge is -2.05. The van der Waals surface area contributed by atoms with Crippen LogP contribution >= 0.6 is 0 Å². The van der Waals surface area contributed by atoms with Crippen LogP contribution in [0, 0.1) is 0 Å². The maximum Gasteiger partial charge on any atom is 0.224 e. The summed E-state index contributed by atoms with van der Waals surface area (Å²) >= 11 is 0. The molecule has 0 unspecified atom stereocenters. The molecule has 0 aliphatic heterocycles. The summed E-state index contributed by atoms with van der Waals surface area (Å²) < 4.78 is 0. The average Bonchev–Trinajstić information content (AvgIpc) is 2.63. The molecule has 142 valence electrons. The van der Waals surface area contributed by atoms with Gasteiger partial charge in [-0.05, 0) is 25.0 Å². The molecule has 1 aromatic carbocycles. The smallest absolute Gasteiger partial charge is 0.224 e. The molecule has 0 heterocycles. The van der Waals surface area contributed by atoms with Gasteiger partial charge >= 0.3 is 0 Å². The molecule has 0 saturated carbocycles. The number of rotatable bonds is 16. The van der Waals surface area contributed by atoms with Crippen LogP contribution in [-0.4, -0.2) is 17.6 Å². The predicted molar refractivity (Wildman–Crippen MR) is 107 cm³/mol. The second-order valence-electron chi connectivity index (χ2n) is 6.98. The van der Waals surface area contributed by atoms with E-state index in [1.165, 1.54) is 64.2 Å². The van der Waals surface area contributed by atoms with Crippen molar-refractivity contribution in [1.82, 2.24) is 0 Å². The first-order valence-corrected chi connectivity index (χ1v) is 10.3. The molecule has 3 nitrogen and oxygen atoms in total. The molecule has 1 aromatic rings. The van der Waals surface area contributed by atoms with E-state index in [4.69, 9.17) is 5.11 Å². The van der Waals surface area contributed by atoms with Crippen LogP contribution in [-0.2, 0) is 4.79 Å². The number of carbonyl (C=O) groups is 1. The van der Waals surface area contributed by atoms with E-state index in [1.807, 2.05) is 30.3 Å². The van der Waals surface area contributed by atoms with Gasteiger partial charge in [0, 0.05) is 18.7 Å². The lowest BCUT2D eigenvalue weighted by atomic mass is 10.0. The predicted octanol–water partition coefficient (Wildman–Crippen LogP) is 6.08. The maximum absolute atomic E-state index is 11.8. The van der Waals surface area contributed by atoms with Gasteiger partial charge in [-0.15, -0.1) is 0 Å². The summed E-state index contributed by atoms with van der Waals surface area (Å²) in [7, 11) is 0. The Kier molecular flexibility index (Phi) is 14.0. The van der Waals surface area contributed by atoms with Gasteiger partial charge in [0.2, 0.25) is 5.91 Å². The molecular weight excluding hydrogens is 310 g/mol. The fraction of sp³-hybridized carbons (Fsp3) is 0.682. The van der Waals surface area contributed by atoms with Gasteiger partial charge in [-0.25, -0.2) is 0 Å². The Labute approximate surface area is 154 Å². The van der Waals surface area contributed by atoms with Gasteiger partial charge in [0.1, 0.15) is 0 Å². The quantitative estimate of drug-likeness (QED) is 0.356. The van der Waals surface area contributed by atoms with Crippen molar-refractivity contribution in [3.8, 4) is 0 Å². The number of carbonyl (C=O) groups excluding carboxylic acids is 1. The van der Waals surface area contributed by atoms with Crippen molar-refractivity contribution in [2.45, 2.75) is 89.9 Å². The first-order chi connectivity index (χ1) is 12.3. The number of aliphatic hydroxyl groups is 1. The van der Waals surface area contributed by atoms with Gasteiger partial charge in [0.15, 0.2) is 0 Å². The third kappa shape index (κ3) is 13.6. The fourth-order valence-corrected chi connectivity index (χ4v) is 3.09. The third-order valence-electron chi connectivity index (χ3n) is 4.62. The molecule has 0 aliphatic rings. The zero-order valence-corrected chi connectivity index (χ0v) is 15.8. The molecule has 0 saturated heterocycles. The Bertz CT molecular complexity index is 419. The lowest BCUT2D eigenvalue weighted by molar-refractivity contribution is -0.116. The van der Waals surface area contributed by atoms with Crippen molar-refractivity contribution in [2.75, 3.05) is 11.9 Å². The van der Waals surface area contributed by atoms with Crippen LogP contribution in [0.3, 0.4) is 0 Å². The second kappa shape index (κ2) is 16.1. The molecule has 0 bridgehead atoms. The van der Waals surface area contributed by atoms with E-state index < -0.39 is 0 Å². The van der Waals surface area contributed by atoms with E-state index in [0.29, 0.717) is 13.0 Å². The van der Waals surface area contributed by atoms with Crippen molar-refractivity contribution < 1.29 is 9.90 Å². The molecular formula is C22H37NO2. The number of hydrogen-bond acceptors (Lipinski definition) is 2. The number of nitrogens with one attached hydrogen (secondary N) is 1. The Morgan fingerprint density at radius 1 is 0.680 bits per heavy atom. The van der Waals surface area contributed by atoms with Crippen LogP contribution in [0.5, 0.6) is 0 Å². The van der Waals surface area contributed by atoms with E-state index in [9.17, 15) is 4.79 Å². The number of anilines is 1. The summed E-state index contributed by atoms with van der Waals surface area (Å²) in [5, 5.41) is 11.6. The number of unbranched alkanes of at least 4 members (excludes halogenated alkanes) is 12. The highest BCUT2D eigenvalue weighted by atomic mass is 16.2. The van der Waals surface area contributed by atoms with Crippen LogP contribution in [0.4, 0.5) is 5.69 Å². The minimum Gasteiger partial charge on any atom is -0.396 e. The maximum atomic E-state index is 11.8. The normalized spacial score (nSPS) is 10.8. The van der Waals surface area contributed by atoms with E-state index in [1.54, 1.807) is 0 Å². The van der Waals surface area contributed by atoms with Gasteiger partial charge in [0.05, 0.1) is 0 Å². The molecule has 1 rings (SSSR count). The minimum atomic E-state index is 0.130. The van der Waals surface area contributed by atoms with E-state index in [-0.39, 0.29) is 5.91 Å². The molecule has 3 heteroatoms. The molecule has 1 amide bonds. The molecule has 0 fully saturated rings. The highest BCUT2D eigenvalue weighted by Crippen LogP contribution is 2.13. The summed E-state index contributed by atoms with van der Waals surface area (Å²) in [5.41, 5.74) is 0.890. The number of hydrogen-bond donors (Lipinski definition) is 2. The fourth-order valence-electron chi connectivity index (χ4n) is 3.09. The zero-order valence-electron chi connectivity index (χ0n) is 15.8. The highest BCUT2D eigenvalue weighted by Gasteiger charge is 2.01. The average molecular weight is 348 g/mol. The van der Waals surface area contributed by atoms with Crippen molar-refractivity contribution in [3.05, 3.63) is 30.3 Å². The molecule has 0 aliphatic carbocycles. The van der Waals surface area contributed by atoms with Crippen molar-refractivity contribution >= 4 is 11.6 Å². The van der Waals surface area contributed by atoms with E-state index >= 15 is 0 Å². The van der Waals surface area contributed by atoms with Gasteiger partial charge in [-0.2, -0.15) is 0 Å². The number of amides is 1. The molecule has 25 heavy (non-hydrogen) atoms. The second-order valence-corrected chi connectivity index (χ2v) is 6.98. The third-order valence-corrected chi connectivity index (χ3v) is 4.62. The summed E-state index contributed by atoms with van der Waals surface area (Å²) in [6, 6.07) is 9.68. The summed E-state index contributed by atoms with van der Waals surface area (Å²) in [6.07, 6.45) is 16.8. The largest absolute Gasteiger partial charge is 0.396 e.